The van der Waals surface area contributed by atoms with Crippen molar-refractivity contribution in [3.05, 3.63) is 50.8 Å². The van der Waals surface area contributed by atoms with Gasteiger partial charge in [0.25, 0.3) is 5.56 Å². The molecule has 0 fully saturated rings. The van der Waals surface area contributed by atoms with Gasteiger partial charge in [-0.2, -0.15) is 0 Å². The van der Waals surface area contributed by atoms with Crippen molar-refractivity contribution < 1.29 is 9.73 Å². The Morgan fingerprint density at radius 1 is 1.54 bits per heavy atom. The number of fused-ring (bicyclic) bond motifs is 3. The van der Waals surface area contributed by atoms with Crippen LogP contribution in [0.4, 0.5) is 0 Å². The number of H-pyrrole nitrogens is 1. The molecule has 0 saturated heterocycles. The van der Waals surface area contributed by atoms with E-state index in [4.69, 9.17) is 9.40 Å². The minimum Gasteiger partial charge on any atom is -0.463 e. The zero-order valence-electron chi connectivity index (χ0n) is 14.0. The van der Waals surface area contributed by atoms with Crippen LogP contribution >= 0.6 is 11.3 Å². The molecule has 1 aliphatic rings. The van der Waals surface area contributed by atoms with Crippen LogP contribution in [-0.2, 0) is 19.4 Å². The number of aryl methyl sites for hydroxylation is 1. The van der Waals surface area contributed by atoms with Gasteiger partial charge in [-0.1, -0.05) is 6.92 Å². The third-order valence-corrected chi connectivity index (χ3v) is 6.02. The Morgan fingerprint density at radius 2 is 2.42 bits per heavy atom. The molecule has 3 aromatic rings. The second-order valence-electron chi connectivity index (χ2n) is 6.79. The highest BCUT2D eigenvalue weighted by Crippen LogP contribution is 2.35. The average molecular weight is 344 g/mol. The SMILES string of the molecule is C[C@H]1CCc2c(sc3nc([C@H](C)[NH2+]Cc4ccco4)[nH]c(=O)c23)C1. The highest BCUT2D eigenvalue weighted by atomic mass is 32.1. The van der Waals surface area contributed by atoms with E-state index in [1.165, 1.54) is 10.4 Å². The van der Waals surface area contributed by atoms with Gasteiger partial charge in [-0.25, -0.2) is 4.98 Å². The first-order chi connectivity index (χ1) is 11.6. The van der Waals surface area contributed by atoms with Gasteiger partial charge in [0, 0.05) is 4.88 Å². The molecule has 0 amide bonds. The highest BCUT2D eigenvalue weighted by Gasteiger charge is 2.24. The lowest BCUT2D eigenvalue weighted by Crippen LogP contribution is -2.83. The van der Waals surface area contributed by atoms with Crippen LogP contribution in [0.5, 0.6) is 0 Å². The van der Waals surface area contributed by atoms with E-state index in [0.717, 1.165) is 47.6 Å². The molecular weight excluding hydrogens is 322 g/mol. The number of aromatic nitrogens is 2. The third-order valence-electron chi connectivity index (χ3n) is 4.87. The number of nitrogens with zero attached hydrogens (tertiary/aromatic N) is 1. The number of thiophene rings is 1. The smallest absolute Gasteiger partial charge is 0.260 e. The van der Waals surface area contributed by atoms with Crippen LogP contribution in [0.2, 0.25) is 0 Å². The fourth-order valence-electron chi connectivity index (χ4n) is 3.41. The molecule has 0 radical (unpaired) electrons. The normalized spacial score (nSPS) is 18.7. The molecule has 3 aromatic heterocycles. The van der Waals surface area contributed by atoms with Gasteiger partial charge in [-0.05, 0) is 49.8 Å². The molecule has 1 aliphatic carbocycles. The number of nitrogens with one attached hydrogen (secondary N) is 1. The van der Waals surface area contributed by atoms with Crippen LogP contribution < -0.4 is 10.9 Å². The Morgan fingerprint density at radius 3 is 3.21 bits per heavy atom. The zero-order valence-corrected chi connectivity index (χ0v) is 14.8. The molecule has 0 saturated carbocycles. The molecular formula is C18H22N3O2S+. The van der Waals surface area contributed by atoms with E-state index in [2.05, 4.69) is 24.1 Å². The van der Waals surface area contributed by atoms with Crippen molar-refractivity contribution in [2.45, 2.75) is 45.7 Å². The summed E-state index contributed by atoms with van der Waals surface area (Å²) in [6.07, 6.45) is 4.91. The van der Waals surface area contributed by atoms with Crippen molar-refractivity contribution in [2.75, 3.05) is 0 Å². The van der Waals surface area contributed by atoms with Crippen molar-refractivity contribution in [2.24, 2.45) is 5.92 Å². The Bertz CT molecular complexity index is 910. The molecule has 4 rings (SSSR count). The summed E-state index contributed by atoms with van der Waals surface area (Å²) in [6, 6.07) is 3.92. The first kappa shape index (κ1) is 15.6. The lowest BCUT2D eigenvalue weighted by Gasteiger charge is -2.17. The van der Waals surface area contributed by atoms with Gasteiger partial charge in [0.15, 0.2) is 11.6 Å². The molecule has 0 bridgehead atoms. The van der Waals surface area contributed by atoms with Crippen LogP contribution in [0.3, 0.4) is 0 Å². The fourth-order valence-corrected chi connectivity index (χ4v) is 4.80. The zero-order chi connectivity index (χ0) is 16.7. The van der Waals surface area contributed by atoms with E-state index in [1.54, 1.807) is 17.6 Å². The predicted molar refractivity (Wildman–Crippen MR) is 94.2 cm³/mol. The number of hydrogen-bond donors (Lipinski definition) is 2. The van der Waals surface area contributed by atoms with Crippen LogP contribution in [0.15, 0.2) is 27.6 Å². The van der Waals surface area contributed by atoms with Gasteiger partial charge >= 0.3 is 0 Å². The minimum atomic E-state index is 0.0142. The maximum Gasteiger partial charge on any atom is 0.260 e. The van der Waals surface area contributed by atoms with Crippen molar-refractivity contribution in [3.8, 4) is 0 Å². The van der Waals surface area contributed by atoms with E-state index in [0.29, 0.717) is 5.92 Å². The van der Waals surface area contributed by atoms with E-state index in [9.17, 15) is 4.79 Å². The maximum absolute atomic E-state index is 12.6. The Kier molecular flexibility index (Phi) is 4.02. The van der Waals surface area contributed by atoms with Gasteiger partial charge in [0.05, 0.1) is 11.6 Å². The molecule has 3 N–H and O–H groups in total. The molecule has 24 heavy (non-hydrogen) atoms. The standard InChI is InChI=1S/C18H21N3O2S/c1-10-5-6-13-14(8-10)24-18-15(13)17(22)20-16(21-18)11(2)19-9-12-4-3-7-23-12/h3-4,7,10-11,19H,5-6,8-9H2,1-2H3,(H,20,21,22)/p+1/t10-,11-/m0/s1. The second kappa shape index (κ2) is 6.18. The van der Waals surface area contributed by atoms with Crippen molar-refractivity contribution in [1.82, 2.24) is 9.97 Å². The van der Waals surface area contributed by atoms with Crippen LogP contribution in [0.1, 0.15) is 48.3 Å². The molecule has 0 aromatic carbocycles. The summed E-state index contributed by atoms with van der Waals surface area (Å²) in [5, 5.41) is 2.95. The molecule has 126 valence electrons. The number of nitrogens with two attached hydrogens (primary N) is 1. The van der Waals surface area contributed by atoms with E-state index >= 15 is 0 Å². The van der Waals surface area contributed by atoms with Gasteiger partial charge in [0.2, 0.25) is 0 Å². The highest BCUT2D eigenvalue weighted by molar-refractivity contribution is 7.18. The fraction of sp³-hybridized carbons (Fsp3) is 0.444. The summed E-state index contributed by atoms with van der Waals surface area (Å²) in [4.78, 5) is 22.7. The summed E-state index contributed by atoms with van der Waals surface area (Å²) < 4.78 is 5.36. The van der Waals surface area contributed by atoms with E-state index < -0.39 is 0 Å². The number of aromatic amines is 1. The number of furan rings is 1. The maximum atomic E-state index is 12.6. The average Bonchev–Trinajstić information content (AvgIpc) is 3.18. The quantitative estimate of drug-likeness (QED) is 0.764. The largest absolute Gasteiger partial charge is 0.463 e. The first-order valence-corrected chi connectivity index (χ1v) is 9.33. The minimum absolute atomic E-state index is 0.0142. The molecule has 6 heteroatoms. The summed E-state index contributed by atoms with van der Waals surface area (Å²) >= 11 is 1.70. The molecule has 5 nitrogen and oxygen atoms in total. The number of hydrogen-bond acceptors (Lipinski definition) is 4. The monoisotopic (exact) mass is 344 g/mol. The summed E-state index contributed by atoms with van der Waals surface area (Å²) in [5.41, 5.74) is 1.25. The van der Waals surface area contributed by atoms with E-state index in [-0.39, 0.29) is 11.6 Å². The van der Waals surface area contributed by atoms with Gasteiger partial charge in [-0.15, -0.1) is 11.3 Å². The van der Waals surface area contributed by atoms with Gasteiger partial charge < -0.3 is 14.7 Å². The molecule has 0 unspecified atom stereocenters. The third kappa shape index (κ3) is 2.80. The van der Waals surface area contributed by atoms with Crippen molar-refractivity contribution in [1.29, 1.82) is 0 Å². The molecule has 0 aliphatic heterocycles. The van der Waals surface area contributed by atoms with Gasteiger partial charge in [-0.3, -0.25) is 4.79 Å². The second-order valence-corrected chi connectivity index (χ2v) is 7.87. The topological polar surface area (TPSA) is 75.5 Å². The van der Waals surface area contributed by atoms with Crippen LogP contribution in [-0.4, -0.2) is 9.97 Å². The Labute approximate surface area is 144 Å². The lowest BCUT2D eigenvalue weighted by atomic mass is 9.89. The summed E-state index contributed by atoms with van der Waals surface area (Å²) in [5.74, 6) is 2.36. The molecule has 2 atom stereocenters. The Hall–Kier alpha value is -1.92. The van der Waals surface area contributed by atoms with E-state index in [1.807, 2.05) is 12.1 Å². The summed E-state index contributed by atoms with van der Waals surface area (Å²) in [6.45, 7) is 5.07. The van der Waals surface area contributed by atoms with Gasteiger partial charge in [0.1, 0.15) is 17.4 Å². The Balaban J connectivity index is 1.64. The first-order valence-electron chi connectivity index (χ1n) is 8.52. The number of quaternary nitrogens is 1. The van der Waals surface area contributed by atoms with Crippen LogP contribution in [0.25, 0.3) is 10.2 Å². The molecule has 3 heterocycles. The predicted octanol–water partition coefficient (Wildman–Crippen LogP) is 2.53. The lowest BCUT2D eigenvalue weighted by molar-refractivity contribution is -0.710. The van der Waals surface area contributed by atoms with Crippen molar-refractivity contribution >= 4 is 21.6 Å². The summed E-state index contributed by atoms with van der Waals surface area (Å²) in [7, 11) is 0. The molecule has 0 spiro atoms. The van der Waals surface area contributed by atoms with Crippen LogP contribution in [0, 0.1) is 5.92 Å². The van der Waals surface area contributed by atoms with Crippen molar-refractivity contribution in [3.63, 3.8) is 0 Å². The number of rotatable bonds is 4.